The number of para-hydroxylation sites is 1. The summed E-state index contributed by atoms with van der Waals surface area (Å²) in [5.74, 6) is 1.13. The number of aromatic amines is 1. The van der Waals surface area contributed by atoms with Crippen molar-refractivity contribution in [1.29, 1.82) is 0 Å². The summed E-state index contributed by atoms with van der Waals surface area (Å²) in [7, 11) is 0. The van der Waals surface area contributed by atoms with E-state index in [1.54, 1.807) is 0 Å². The molecule has 2 atom stereocenters. The van der Waals surface area contributed by atoms with Crippen molar-refractivity contribution < 1.29 is 4.79 Å². The first-order valence-electron chi connectivity index (χ1n) is 11.4. The first kappa shape index (κ1) is 25.5. The van der Waals surface area contributed by atoms with Crippen molar-refractivity contribution in [3.05, 3.63) is 35.5 Å². The van der Waals surface area contributed by atoms with E-state index in [1.165, 1.54) is 22.0 Å². The van der Waals surface area contributed by atoms with Crippen molar-refractivity contribution in [3.8, 4) is 0 Å². The molecule has 0 bridgehead atoms. The fourth-order valence-corrected chi connectivity index (χ4v) is 4.33. The summed E-state index contributed by atoms with van der Waals surface area (Å²) in [6, 6.07) is 6.89. The minimum Gasteiger partial charge on any atom is -0.361 e. The molecule has 2 unspecified atom stereocenters. The molecular formula is C24H38IN5O. The average Bonchev–Trinajstić information content (AvgIpc) is 3.12. The number of aryl methyl sites for hydroxylation is 1. The number of aliphatic imine (C=N–C) groups is 1. The van der Waals surface area contributed by atoms with Crippen molar-refractivity contribution >= 4 is 46.7 Å². The van der Waals surface area contributed by atoms with Gasteiger partial charge in [0.15, 0.2) is 5.96 Å². The molecule has 172 valence electrons. The molecule has 0 aliphatic heterocycles. The van der Waals surface area contributed by atoms with E-state index < -0.39 is 0 Å². The van der Waals surface area contributed by atoms with Gasteiger partial charge in [-0.15, -0.1) is 24.0 Å². The molecule has 1 saturated carbocycles. The number of halogens is 1. The second kappa shape index (κ2) is 12.3. The lowest BCUT2D eigenvalue weighted by molar-refractivity contribution is -0.126. The first-order chi connectivity index (χ1) is 14.5. The third kappa shape index (κ3) is 7.12. The maximum absolute atomic E-state index is 12.4. The van der Waals surface area contributed by atoms with Crippen LogP contribution in [-0.2, 0) is 11.2 Å². The number of nitrogens with zero attached hydrogens (tertiary/aromatic N) is 1. The van der Waals surface area contributed by atoms with Crippen LogP contribution in [0.4, 0.5) is 0 Å². The monoisotopic (exact) mass is 539 g/mol. The highest BCUT2D eigenvalue weighted by Crippen LogP contribution is 2.25. The van der Waals surface area contributed by atoms with Crippen molar-refractivity contribution in [1.82, 2.24) is 20.9 Å². The number of rotatable bonds is 7. The molecule has 7 heteroatoms. The van der Waals surface area contributed by atoms with Crippen LogP contribution in [-0.4, -0.2) is 42.0 Å². The van der Waals surface area contributed by atoms with Gasteiger partial charge in [-0.25, -0.2) is 0 Å². The van der Waals surface area contributed by atoms with Gasteiger partial charge in [0, 0.05) is 48.2 Å². The fraction of sp³-hybridized carbons (Fsp3) is 0.583. The Labute approximate surface area is 203 Å². The standard InChI is InChI=1S/C24H37N5O.HI/c1-5-25-24(29-20-10-7-9-18(14-20)23(30)28-16(2)3)26-13-12-19-15-27-22-17(4)8-6-11-21(19)22;/h6,8,11,15-16,18,20,27H,5,7,9-10,12-14H2,1-4H3,(H,28,30)(H2,25,26,29);1H. The Bertz CT molecular complexity index is 876. The van der Waals surface area contributed by atoms with Gasteiger partial charge in [-0.05, 0) is 64.5 Å². The molecule has 31 heavy (non-hydrogen) atoms. The van der Waals surface area contributed by atoms with Gasteiger partial charge in [0.05, 0.1) is 0 Å². The normalized spacial score (nSPS) is 19.2. The van der Waals surface area contributed by atoms with Gasteiger partial charge in [0.25, 0.3) is 0 Å². The van der Waals surface area contributed by atoms with Crippen LogP contribution in [0, 0.1) is 12.8 Å². The second-order valence-corrected chi connectivity index (χ2v) is 8.69. The van der Waals surface area contributed by atoms with Gasteiger partial charge < -0.3 is 20.9 Å². The molecule has 1 aliphatic rings. The Hall–Kier alpha value is -1.77. The van der Waals surface area contributed by atoms with Gasteiger partial charge in [-0.1, -0.05) is 24.6 Å². The molecule has 3 rings (SSSR count). The number of H-pyrrole nitrogens is 1. The van der Waals surface area contributed by atoms with Crippen LogP contribution in [0.1, 0.15) is 57.6 Å². The predicted octanol–water partition coefficient (Wildman–Crippen LogP) is 4.28. The number of carbonyl (C=O) groups is 1. The van der Waals surface area contributed by atoms with Gasteiger partial charge in [0.1, 0.15) is 0 Å². The SMILES string of the molecule is CCNC(=NCCc1c[nH]c2c(C)cccc12)NC1CCCC(C(=O)NC(C)C)C1.I. The average molecular weight is 540 g/mol. The van der Waals surface area contributed by atoms with Crippen molar-refractivity contribution in [2.45, 2.75) is 71.9 Å². The van der Waals surface area contributed by atoms with Crippen LogP contribution >= 0.6 is 24.0 Å². The molecule has 2 aromatic rings. The number of fused-ring (bicyclic) bond motifs is 1. The fourth-order valence-electron chi connectivity index (χ4n) is 4.33. The Morgan fingerprint density at radius 3 is 2.84 bits per heavy atom. The molecule has 1 aromatic carbocycles. The Morgan fingerprint density at radius 1 is 1.29 bits per heavy atom. The molecule has 1 aromatic heterocycles. The smallest absolute Gasteiger partial charge is 0.223 e. The summed E-state index contributed by atoms with van der Waals surface area (Å²) in [6.07, 6.45) is 6.99. The molecule has 0 saturated heterocycles. The number of amides is 1. The van der Waals surface area contributed by atoms with Crippen LogP contribution in [0.3, 0.4) is 0 Å². The molecular weight excluding hydrogens is 501 g/mol. The molecule has 6 nitrogen and oxygen atoms in total. The van der Waals surface area contributed by atoms with E-state index in [0.29, 0.717) is 0 Å². The molecule has 1 amide bonds. The van der Waals surface area contributed by atoms with Crippen molar-refractivity contribution in [2.75, 3.05) is 13.1 Å². The number of hydrogen-bond acceptors (Lipinski definition) is 2. The number of carbonyl (C=O) groups excluding carboxylic acids is 1. The van der Waals surface area contributed by atoms with E-state index >= 15 is 0 Å². The van der Waals surface area contributed by atoms with Crippen LogP contribution < -0.4 is 16.0 Å². The largest absolute Gasteiger partial charge is 0.361 e. The molecule has 4 N–H and O–H groups in total. The maximum Gasteiger partial charge on any atom is 0.223 e. The zero-order chi connectivity index (χ0) is 21.5. The third-order valence-corrected chi connectivity index (χ3v) is 5.82. The Morgan fingerprint density at radius 2 is 2.10 bits per heavy atom. The van der Waals surface area contributed by atoms with Crippen LogP contribution in [0.15, 0.2) is 29.4 Å². The molecule has 1 aliphatic carbocycles. The molecule has 1 heterocycles. The number of hydrogen-bond donors (Lipinski definition) is 4. The van der Waals surface area contributed by atoms with E-state index in [9.17, 15) is 4.79 Å². The lowest BCUT2D eigenvalue weighted by Gasteiger charge is -2.30. The Kier molecular flexibility index (Phi) is 10.1. The lowest BCUT2D eigenvalue weighted by atomic mass is 9.85. The van der Waals surface area contributed by atoms with Crippen molar-refractivity contribution in [3.63, 3.8) is 0 Å². The van der Waals surface area contributed by atoms with Gasteiger partial charge in [-0.2, -0.15) is 0 Å². The van der Waals surface area contributed by atoms with Crippen LogP contribution in [0.25, 0.3) is 10.9 Å². The third-order valence-electron chi connectivity index (χ3n) is 5.82. The van der Waals surface area contributed by atoms with E-state index in [1.807, 2.05) is 13.8 Å². The quantitative estimate of drug-likeness (QED) is 0.241. The van der Waals surface area contributed by atoms with Gasteiger partial charge >= 0.3 is 0 Å². The molecule has 1 fully saturated rings. The van der Waals surface area contributed by atoms with Crippen LogP contribution in [0.5, 0.6) is 0 Å². The molecule has 0 spiro atoms. The highest BCUT2D eigenvalue weighted by Gasteiger charge is 2.28. The first-order valence-corrected chi connectivity index (χ1v) is 11.4. The number of nitrogens with one attached hydrogen (secondary N) is 4. The zero-order valence-electron chi connectivity index (χ0n) is 19.3. The summed E-state index contributed by atoms with van der Waals surface area (Å²) >= 11 is 0. The summed E-state index contributed by atoms with van der Waals surface area (Å²) in [5, 5.41) is 11.3. The van der Waals surface area contributed by atoms with E-state index in [0.717, 1.165) is 51.2 Å². The van der Waals surface area contributed by atoms with Gasteiger partial charge in [-0.3, -0.25) is 9.79 Å². The minimum absolute atomic E-state index is 0. The summed E-state index contributed by atoms with van der Waals surface area (Å²) < 4.78 is 0. The second-order valence-electron chi connectivity index (χ2n) is 8.69. The van der Waals surface area contributed by atoms with Crippen molar-refractivity contribution in [2.24, 2.45) is 10.9 Å². The minimum atomic E-state index is 0. The van der Waals surface area contributed by atoms with Gasteiger partial charge in [0.2, 0.25) is 5.91 Å². The van der Waals surface area contributed by atoms with Crippen LogP contribution in [0.2, 0.25) is 0 Å². The highest BCUT2D eigenvalue weighted by atomic mass is 127. The zero-order valence-corrected chi connectivity index (χ0v) is 21.6. The summed E-state index contributed by atoms with van der Waals surface area (Å²) in [5.41, 5.74) is 3.79. The highest BCUT2D eigenvalue weighted by molar-refractivity contribution is 14.0. The molecule has 0 radical (unpaired) electrons. The summed E-state index contributed by atoms with van der Waals surface area (Å²) in [6.45, 7) is 9.79. The number of benzene rings is 1. The van der Waals surface area contributed by atoms with E-state index in [-0.39, 0.29) is 47.9 Å². The summed E-state index contributed by atoms with van der Waals surface area (Å²) in [4.78, 5) is 20.6. The van der Waals surface area contributed by atoms with E-state index in [2.05, 4.69) is 59.2 Å². The number of aromatic nitrogens is 1. The Balaban J connectivity index is 0.00000341. The number of guanidine groups is 1. The topological polar surface area (TPSA) is 81.3 Å². The maximum atomic E-state index is 12.4. The lowest BCUT2D eigenvalue weighted by Crippen LogP contribution is -2.47. The predicted molar refractivity (Wildman–Crippen MR) is 140 cm³/mol. The van der Waals surface area contributed by atoms with E-state index in [4.69, 9.17) is 4.99 Å².